The van der Waals surface area contributed by atoms with Crippen molar-refractivity contribution in [3.05, 3.63) is 78.1 Å². The Morgan fingerprint density at radius 1 is 1.09 bits per heavy atom. The topological polar surface area (TPSA) is 93.9 Å². The molecule has 7 nitrogen and oxygen atoms in total. The third kappa shape index (κ3) is 6.33. The van der Waals surface area contributed by atoms with Gasteiger partial charge in [-0.2, -0.15) is 0 Å². The summed E-state index contributed by atoms with van der Waals surface area (Å²) >= 11 is 1.27. The van der Waals surface area contributed by atoms with Gasteiger partial charge in [0.05, 0.1) is 10.1 Å². The van der Waals surface area contributed by atoms with Crippen LogP contribution in [0.1, 0.15) is 30.3 Å². The Morgan fingerprint density at radius 3 is 2.27 bits per heavy atom. The second kappa shape index (κ2) is 10.8. The SMILES string of the molecule is C=CCn1c(CS(=O)(=O)c2ccc(C)cc2)nnc1SC(CC)C(=O)Nc1ccc(C)cc1. The monoisotopic (exact) mass is 484 g/mol. The van der Waals surface area contributed by atoms with Gasteiger partial charge in [0, 0.05) is 12.2 Å². The molecule has 1 atom stereocenters. The number of aryl methyl sites for hydroxylation is 2. The molecule has 0 aliphatic heterocycles. The van der Waals surface area contributed by atoms with Gasteiger partial charge >= 0.3 is 0 Å². The maximum atomic E-state index is 12.9. The molecule has 1 aromatic heterocycles. The minimum absolute atomic E-state index is 0.145. The molecule has 0 radical (unpaired) electrons. The normalized spacial score (nSPS) is 12.3. The molecule has 3 rings (SSSR count). The lowest BCUT2D eigenvalue weighted by molar-refractivity contribution is -0.115. The number of nitrogens with one attached hydrogen (secondary N) is 1. The summed E-state index contributed by atoms with van der Waals surface area (Å²) < 4.78 is 27.5. The quantitative estimate of drug-likeness (QED) is 0.335. The number of benzene rings is 2. The number of amides is 1. The lowest BCUT2D eigenvalue weighted by Crippen LogP contribution is -2.25. The van der Waals surface area contributed by atoms with E-state index in [9.17, 15) is 13.2 Å². The van der Waals surface area contributed by atoms with Crippen molar-refractivity contribution in [2.75, 3.05) is 5.32 Å². The van der Waals surface area contributed by atoms with E-state index in [1.54, 1.807) is 34.9 Å². The first-order chi connectivity index (χ1) is 15.7. The number of aromatic nitrogens is 3. The molecule has 0 spiro atoms. The molecule has 0 saturated carbocycles. The van der Waals surface area contributed by atoms with Gasteiger partial charge in [0.2, 0.25) is 5.91 Å². The van der Waals surface area contributed by atoms with Crippen molar-refractivity contribution < 1.29 is 13.2 Å². The average Bonchev–Trinajstić information content (AvgIpc) is 3.14. The Bertz CT molecular complexity index is 1220. The fourth-order valence-corrected chi connectivity index (χ4v) is 5.39. The summed E-state index contributed by atoms with van der Waals surface area (Å²) in [6.07, 6.45) is 2.23. The van der Waals surface area contributed by atoms with Crippen LogP contribution < -0.4 is 5.32 Å². The summed E-state index contributed by atoms with van der Waals surface area (Å²) in [5, 5.41) is 11.3. The van der Waals surface area contributed by atoms with E-state index in [1.165, 1.54) is 11.8 Å². The average molecular weight is 485 g/mol. The lowest BCUT2D eigenvalue weighted by atomic mass is 10.2. The van der Waals surface area contributed by atoms with Gasteiger partial charge in [0.15, 0.2) is 15.0 Å². The maximum Gasteiger partial charge on any atom is 0.237 e. The number of hydrogen-bond acceptors (Lipinski definition) is 6. The number of rotatable bonds is 10. The van der Waals surface area contributed by atoms with Crippen molar-refractivity contribution in [2.45, 2.75) is 54.8 Å². The Kier molecular flexibility index (Phi) is 8.10. The lowest BCUT2D eigenvalue weighted by Gasteiger charge is -2.15. The predicted octanol–water partition coefficient (Wildman–Crippen LogP) is 4.56. The molecule has 1 amide bonds. The van der Waals surface area contributed by atoms with E-state index in [1.807, 2.05) is 45.0 Å². The highest BCUT2D eigenvalue weighted by molar-refractivity contribution is 8.00. The van der Waals surface area contributed by atoms with Crippen LogP contribution in [0.25, 0.3) is 0 Å². The molecular formula is C24H28N4O3S2. The van der Waals surface area contributed by atoms with Crippen molar-refractivity contribution in [1.29, 1.82) is 0 Å². The molecule has 0 aliphatic carbocycles. The number of carbonyl (C=O) groups is 1. The largest absolute Gasteiger partial charge is 0.325 e. The number of nitrogens with zero attached hydrogens (tertiary/aromatic N) is 3. The Balaban J connectivity index is 1.80. The van der Waals surface area contributed by atoms with Crippen molar-refractivity contribution in [2.24, 2.45) is 0 Å². The third-order valence-corrected chi connectivity index (χ3v) is 8.01. The molecule has 0 fully saturated rings. The molecule has 0 bridgehead atoms. The molecular weight excluding hydrogens is 456 g/mol. The van der Waals surface area contributed by atoms with E-state index >= 15 is 0 Å². The summed E-state index contributed by atoms with van der Waals surface area (Å²) in [4.78, 5) is 13.1. The van der Waals surface area contributed by atoms with E-state index in [0.29, 0.717) is 23.9 Å². The van der Waals surface area contributed by atoms with E-state index in [4.69, 9.17) is 0 Å². The van der Waals surface area contributed by atoms with E-state index in [-0.39, 0.29) is 16.6 Å². The number of carbonyl (C=O) groups excluding carboxylic acids is 1. The van der Waals surface area contributed by atoms with Gasteiger partial charge in [-0.05, 0) is 44.5 Å². The zero-order chi connectivity index (χ0) is 24.0. The second-order valence-electron chi connectivity index (χ2n) is 7.74. The summed E-state index contributed by atoms with van der Waals surface area (Å²) in [5.41, 5.74) is 2.82. The van der Waals surface area contributed by atoms with Gasteiger partial charge in [-0.25, -0.2) is 8.42 Å². The minimum Gasteiger partial charge on any atom is -0.325 e. The van der Waals surface area contributed by atoms with Gasteiger partial charge in [-0.1, -0.05) is 60.2 Å². The molecule has 0 aliphatic rings. The van der Waals surface area contributed by atoms with Crippen LogP contribution in [0.5, 0.6) is 0 Å². The number of allylic oxidation sites excluding steroid dienone is 1. The fourth-order valence-electron chi connectivity index (χ4n) is 3.13. The van der Waals surface area contributed by atoms with Crippen LogP contribution in [0, 0.1) is 13.8 Å². The van der Waals surface area contributed by atoms with Gasteiger partial charge in [-0.3, -0.25) is 4.79 Å². The maximum absolute atomic E-state index is 12.9. The molecule has 1 unspecified atom stereocenters. The predicted molar refractivity (Wildman–Crippen MR) is 132 cm³/mol. The van der Waals surface area contributed by atoms with E-state index < -0.39 is 15.1 Å². The Hall–Kier alpha value is -2.91. The molecule has 1 N–H and O–H groups in total. The summed E-state index contributed by atoms with van der Waals surface area (Å²) in [5.74, 6) is -0.121. The van der Waals surface area contributed by atoms with Crippen molar-refractivity contribution in [3.8, 4) is 0 Å². The number of sulfone groups is 1. The fraction of sp³-hybridized carbons (Fsp3) is 0.292. The highest BCUT2D eigenvalue weighted by Gasteiger charge is 2.25. The van der Waals surface area contributed by atoms with Crippen molar-refractivity contribution in [1.82, 2.24) is 14.8 Å². The first-order valence-corrected chi connectivity index (χ1v) is 13.1. The number of thioether (sulfide) groups is 1. The zero-order valence-corrected chi connectivity index (χ0v) is 20.6. The minimum atomic E-state index is -3.60. The molecule has 3 aromatic rings. The first-order valence-electron chi connectivity index (χ1n) is 10.6. The molecule has 9 heteroatoms. The van der Waals surface area contributed by atoms with Crippen LogP contribution in [-0.4, -0.2) is 34.3 Å². The van der Waals surface area contributed by atoms with E-state index in [2.05, 4.69) is 22.1 Å². The molecule has 2 aromatic carbocycles. The van der Waals surface area contributed by atoms with Crippen molar-refractivity contribution >= 4 is 33.2 Å². The van der Waals surface area contributed by atoms with Crippen LogP contribution in [0.4, 0.5) is 5.69 Å². The third-order valence-electron chi connectivity index (χ3n) is 5.03. The van der Waals surface area contributed by atoms with Crippen molar-refractivity contribution in [3.63, 3.8) is 0 Å². The van der Waals surface area contributed by atoms with E-state index in [0.717, 1.165) is 16.8 Å². The summed E-state index contributed by atoms with van der Waals surface area (Å²) in [7, 11) is -3.60. The standard InChI is InChI=1S/C24H28N4O3S2/c1-5-15-28-22(16-33(30,31)20-13-9-18(4)10-14-20)26-27-24(28)32-21(6-2)23(29)25-19-11-7-17(3)8-12-19/h5,7-14,21H,1,6,15-16H2,2-4H3,(H,25,29). The second-order valence-corrected chi connectivity index (χ2v) is 10.9. The number of anilines is 1. The van der Waals surface area contributed by atoms with Crippen LogP contribution in [-0.2, 0) is 26.9 Å². The summed E-state index contributed by atoms with van der Waals surface area (Å²) in [6.45, 7) is 9.91. The van der Waals surface area contributed by atoms with Gasteiger partial charge in [0.1, 0.15) is 11.6 Å². The van der Waals surface area contributed by atoms with Crippen LogP contribution >= 0.6 is 11.8 Å². The molecule has 174 valence electrons. The van der Waals surface area contributed by atoms with Crippen LogP contribution in [0.2, 0.25) is 0 Å². The highest BCUT2D eigenvalue weighted by Crippen LogP contribution is 2.27. The molecule has 33 heavy (non-hydrogen) atoms. The Morgan fingerprint density at radius 2 is 1.70 bits per heavy atom. The van der Waals surface area contributed by atoms with Gasteiger partial charge in [-0.15, -0.1) is 16.8 Å². The first kappa shape index (κ1) is 24.7. The molecule has 1 heterocycles. The number of hydrogen-bond donors (Lipinski definition) is 1. The van der Waals surface area contributed by atoms with Crippen LogP contribution in [0.3, 0.4) is 0 Å². The zero-order valence-electron chi connectivity index (χ0n) is 19.0. The van der Waals surface area contributed by atoms with Crippen LogP contribution in [0.15, 0.2) is 71.2 Å². The summed E-state index contributed by atoms with van der Waals surface area (Å²) in [6, 6.07) is 14.3. The highest BCUT2D eigenvalue weighted by atomic mass is 32.2. The molecule has 0 saturated heterocycles. The smallest absolute Gasteiger partial charge is 0.237 e. The van der Waals surface area contributed by atoms with Gasteiger partial charge < -0.3 is 9.88 Å². The van der Waals surface area contributed by atoms with Gasteiger partial charge in [0.25, 0.3) is 0 Å². The Labute approximate surface area is 199 Å².